The van der Waals surface area contributed by atoms with E-state index in [1.54, 1.807) is 11.9 Å². The average Bonchev–Trinajstić information content (AvgIpc) is 2.91. The SMILES string of the molecule is CC1CC(C(=O)N(C)C2(C#N)CC2)C1. The van der Waals surface area contributed by atoms with E-state index in [0.717, 1.165) is 25.7 Å². The summed E-state index contributed by atoms with van der Waals surface area (Å²) in [7, 11) is 1.78. The predicted octanol–water partition coefficient (Wildman–Crippen LogP) is 1.55. The lowest BCUT2D eigenvalue weighted by Crippen LogP contribution is -2.45. The maximum atomic E-state index is 11.9. The Kier molecular flexibility index (Phi) is 2.02. The molecule has 2 aliphatic carbocycles. The maximum absolute atomic E-state index is 11.9. The highest BCUT2D eigenvalue weighted by Crippen LogP contribution is 2.43. The third kappa shape index (κ3) is 1.30. The summed E-state index contributed by atoms with van der Waals surface area (Å²) in [6.07, 6.45) is 3.72. The molecular weight excluding hydrogens is 176 g/mol. The fraction of sp³-hybridized carbons (Fsp3) is 0.818. The molecule has 76 valence electrons. The number of amides is 1. The van der Waals surface area contributed by atoms with Crippen molar-refractivity contribution in [1.82, 2.24) is 4.90 Å². The predicted molar refractivity (Wildman–Crippen MR) is 52.2 cm³/mol. The lowest BCUT2D eigenvalue weighted by Gasteiger charge is -2.35. The van der Waals surface area contributed by atoms with Gasteiger partial charge in [0.25, 0.3) is 0 Å². The average molecular weight is 192 g/mol. The van der Waals surface area contributed by atoms with Crippen molar-refractivity contribution in [3.63, 3.8) is 0 Å². The highest BCUT2D eigenvalue weighted by atomic mass is 16.2. The summed E-state index contributed by atoms with van der Waals surface area (Å²) in [5.74, 6) is 1.07. The van der Waals surface area contributed by atoms with Crippen LogP contribution in [0, 0.1) is 23.2 Å². The number of hydrogen-bond acceptors (Lipinski definition) is 2. The van der Waals surface area contributed by atoms with Gasteiger partial charge in [-0.25, -0.2) is 0 Å². The second kappa shape index (κ2) is 2.98. The molecule has 3 nitrogen and oxygen atoms in total. The van der Waals surface area contributed by atoms with E-state index in [1.165, 1.54) is 0 Å². The summed E-state index contributed by atoms with van der Waals surface area (Å²) in [6.45, 7) is 2.17. The van der Waals surface area contributed by atoms with Crippen LogP contribution >= 0.6 is 0 Å². The largest absolute Gasteiger partial charge is 0.327 e. The Hall–Kier alpha value is -1.04. The summed E-state index contributed by atoms with van der Waals surface area (Å²) in [4.78, 5) is 13.6. The fourth-order valence-electron chi connectivity index (χ4n) is 2.23. The number of rotatable bonds is 2. The zero-order chi connectivity index (χ0) is 10.3. The molecule has 0 atom stereocenters. The quantitative estimate of drug-likeness (QED) is 0.666. The third-order valence-electron chi connectivity index (χ3n) is 3.63. The molecule has 0 aliphatic heterocycles. The number of carbonyl (C=O) groups is 1. The Balaban J connectivity index is 1.96. The van der Waals surface area contributed by atoms with E-state index >= 15 is 0 Å². The Labute approximate surface area is 84.7 Å². The molecule has 2 saturated carbocycles. The van der Waals surface area contributed by atoms with Gasteiger partial charge in [0.2, 0.25) is 5.91 Å². The first-order valence-corrected chi connectivity index (χ1v) is 5.28. The smallest absolute Gasteiger partial charge is 0.226 e. The van der Waals surface area contributed by atoms with E-state index in [0.29, 0.717) is 5.92 Å². The van der Waals surface area contributed by atoms with Crippen LogP contribution in [0.25, 0.3) is 0 Å². The van der Waals surface area contributed by atoms with Gasteiger partial charge >= 0.3 is 0 Å². The lowest BCUT2D eigenvalue weighted by atomic mass is 9.75. The van der Waals surface area contributed by atoms with Crippen LogP contribution in [0.15, 0.2) is 0 Å². The second-order valence-electron chi connectivity index (χ2n) is 4.81. The molecule has 0 radical (unpaired) electrons. The van der Waals surface area contributed by atoms with Crippen molar-refractivity contribution in [2.45, 2.75) is 38.1 Å². The molecule has 0 spiro atoms. The highest BCUT2D eigenvalue weighted by molar-refractivity contribution is 5.81. The number of nitrogens with zero attached hydrogens (tertiary/aromatic N) is 2. The molecule has 0 aromatic heterocycles. The lowest BCUT2D eigenvalue weighted by molar-refractivity contribution is -0.140. The minimum absolute atomic E-state index is 0.183. The molecule has 1 amide bonds. The third-order valence-corrected chi connectivity index (χ3v) is 3.63. The van der Waals surface area contributed by atoms with Crippen LogP contribution in [0.1, 0.15) is 32.6 Å². The molecular formula is C11H16N2O. The number of hydrogen-bond donors (Lipinski definition) is 0. The molecule has 2 aliphatic rings. The van der Waals surface area contributed by atoms with Crippen molar-refractivity contribution < 1.29 is 4.79 Å². The second-order valence-corrected chi connectivity index (χ2v) is 4.81. The molecule has 3 heteroatoms. The van der Waals surface area contributed by atoms with Crippen molar-refractivity contribution in [2.75, 3.05) is 7.05 Å². The first-order valence-electron chi connectivity index (χ1n) is 5.28. The van der Waals surface area contributed by atoms with Gasteiger partial charge in [-0.1, -0.05) is 6.92 Å². The molecule has 14 heavy (non-hydrogen) atoms. The topological polar surface area (TPSA) is 44.1 Å². The number of carbonyl (C=O) groups excluding carboxylic acids is 1. The molecule has 0 bridgehead atoms. The van der Waals surface area contributed by atoms with Crippen LogP contribution in [0.4, 0.5) is 0 Å². The van der Waals surface area contributed by atoms with Crippen molar-refractivity contribution >= 4 is 5.91 Å². The molecule has 0 N–H and O–H groups in total. The Morgan fingerprint density at radius 3 is 2.43 bits per heavy atom. The molecule has 0 saturated heterocycles. The summed E-state index contributed by atoms with van der Waals surface area (Å²) >= 11 is 0. The van der Waals surface area contributed by atoms with E-state index in [9.17, 15) is 4.79 Å². The van der Waals surface area contributed by atoms with Gasteiger partial charge in [-0.05, 0) is 31.6 Å². The Morgan fingerprint density at radius 2 is 2.07 bits per heavy atom. The van der Waals surface area contributed by atoms with Crippen LogP contribution in [0.3, 0.4) is 0 Å². The Bertz CT molecular complexity index is 295. The van der Waals surface area contributed by atoms with Gasteiger partial charge in [0.05, 0.1) is 6.07 Å². The van der Waals surface area contributed by atoms with Gasteiger partial charge in [0, 0.05) is 13.0 Å². The van der Waals surface area contributed by atoms with Crippen LogP contribution in [0.2, 0.25) is 0 Å². The summed E-state index contributed by atoms with van der Waals surface area (Å²) in [5, 5.41) is 8.96. The molecule has 2 rings (SSSR count). The van der Waals surface area contributed by atoms with Gasteiger partial charge in [-0.15, -0.1) is 0 Å². The fourth-order valence-corrected chi connectivity index (χ4v) is 2.23. The minimum Gasteiger partial charge on any atom is -0.327 e. The monoisotopic (exact) mass is 192 g/mol. The highest BCUT2D eigenvalue weighted by Gasteiger charge is 2.51. The maximum Gasteiger partial charge on any atom is 0.226 e. The normalized spacial score (nSPS) is 32.6. The first-order chi connectivity index (χ1) is 6.59. The summed E-state index contributed by atoms with van der Waals surface area (Å²) < 4.78 is 0. The molecule has 0 heterocycles. The number of nitriles is 1. The van der Waals surface area contributed by atoms with Crippen LogP contribution in [-0.4, -0.2) is 23.4 Å². The van der Waals surface area contributed by atoms with E-state index in [-0.39, 0.29) is 11.8 Å². The van der Waals surface area contributed by atoms with E-state index in [2.05, 4.69) is 13.0 Å². The van der Waals surface area contributed by atoms with Crippen LogP contribution in [-0.2, 0) is 4.79 Å². The Morgan fingerprint density at radius 1 is 1.50 bits per heavy atom. The minimum atomic E-state index is -0.435. The molecule has 0 aromatic carbocycles. The van der Waals surface area contributed by atoms with E-state index < -0.39 is 5.54 Å². The molecule has 2 fully saturated rings. The zero-order valence-corrected chi connectivity index (χ0v) is 8.79. The van der Waals surface area contributed by atoms with Gasteiger partial charge in [-0.2, -0.15) is 5.26 Å². The van der Waals surface area contributed by atoms with Gasteiger partial charge < -0.3 is 4.90 Å². The van der Waals surface area contributed by atoms with Crippen LogP contribution < -0.4 is 0 Å². The molecule has 0 unspecified atom stereocenters. The summed E-state index contributed by atoms with van der Waals surface area (Å²) in [6, 6.07) is 2.25. The van der Waals surface area contributed by atoms with Crippen LogP contribution in [0.5, 0.6) is 0 Å². The summed E-state index contributed by atoms with van der Waals surface area (Å²) in [5.41, 5.74) is -0.435. The van der Waals surface area contributed by atoms with Gasteiger partial charge in [0.1, 0.15) is 5.54 Å². The van der Waals surface area contributed by atoms with Crippen molar-refractivity contribution in [3.8, 4) is 6.07 Å². The van der Waals surface area contributed by atoms with Crippen molar-refractivity contribution in [3.05, 3.63) is 0 Å². The van der Waals surface area contributed by atoms with Crippen molar-refractivity contribution in [1.29, 1.82) is 5.26 Å². The first kappa shape index (κ1) is 9.51. The van der Waals surface area contributed by atoms with E-state index in [1.807, 2.05) is 0 Å². The standard InChI is InChI=1S/C11H16N2O/c1-8-5-9(6-8)10(14)13(2)11(7-12)3-4-11/h8-9H,3-6H2,1-2H3. The van der Waals surface area contributed by atoms with E-state index in [4.69, 9.17) is 5.26 Å². The van der Waals surface area contributed by atoms with Gasteiger partial charge in [-0.3, -0.25) is 4.79 Å². The molecule has 0 aromatic rings. The zero-order valence-electron chi connectivity index (χ0n) is 8.79. The van der Waals surface area contributed by atoms with Gasteiger partial charge in [0.15, 0.2) is 0 Å². The van der Waals surface area contributed by atoms with Crippen molar-refractivity contribution in [2.24, 2.45) is 11.8 Å².